The van der Waals surface area contributed by atoms with Crippen molar-refractivity contribution in [3.63, 3.8) is 0 Å². The van der Waals surface area contributed by atoms with Crippen molar-refractivity contribution in [3.05, 3.63) is 35.9 Å². The Kier molecular flexibility index (Phi) is 4.78. The Morgan fingerprint density at radius 1 is 1.19 bits per heavy atom. The Labute approximate surface area is 126 Å². The second-order valence-corrected chi connectivity index (χ2v) is 5.74. The van der Waals surface area contributed by atoms with Crippen LogP contribution < -0.4 is 0 Å². The van der Waals surface area contributed by atoms with Gasteiger partial charge in [0.05, 0.1) is 12.5 Å². The minimum absolute atomic E-state index is 0.207. The number of carbonyl (C=O) groups excluding carboxylic acids is 2. The smallest absolute Gasteiger partial charge is 0.322 e. The minimum Gasteiger partial charge on any atom is -0.468 e. The summed E-state index contributed by atoms with van der Waals surface area (Å²) in [5.74, 6) is -0.0101. The molecule has 0 saturated carbocycles. The molecule has 2 rings (SSSR count). The average molecular weight is 289 g/mol. The summed E-state index contributed by atoms with van der Waals surface area (Å²) in [5.41, 5.74) is 0.677. The number of ether oxygens (including phenoxy) is 1. The standard InChI is InChI=1S/C17H23NO3/c1-13(16(20)21-3)18-11-9-17(10-12-18,14(2)19)15-7-5-4-6-8-15/h4-8,13H,9-12H2,1-3H3/t13-/m0/s1. The molecular weight excluding hydrogens is 266 g/mol. The van der Waals surface area contributed by atoms with Crippen molar-refractivity contribution in [2.45, 2.75) is 38.1 Å². The van der Waals surface area contributed by atoms with Crippen LogP contribution in [0.2, 0.25) is 0 Å². The highest BCUT2D eigenvalue weighted by Crippen LogP contribution is 2.36. The first-order chi connectivity index (χ1) is 10.0. The Bertz CT molecular complexity index is 504. The molecule has 1 aromatic carbocycles. The van der Waals surface area contributed by atoms with Crippen LogP contribution in [0, 0.1) is 0 Å². The second-order valence-electron chi connectivity index (χ2n) is 5.74. The Balaban J connectivity index is 2.16. The second kappa shape index (κ2) is 6.39. The van der Waals surface area contributed by atoms with Gasteiger partial charge in [-0.05, 0) is 32.3 Å². The summed E-state index contributed by atoms with van der Waals surface area (Å²) in [5, 5.41) is 0. The lowest BCUT2D eigenvalue weighted by Gasteiger charge is -2.42. The van der Waals surface area contributed by atoms with E-state index >= 15 is 0 Å². The summed E-state index contributed by atoms with van der Waals surface area (Å²) in [6.07, 6.45) is 1.49. The summed E-state index contributed by atoms with van der Waals surface area (Å²) in [7, 11) is 1.41. The predicted octanol–water partition coefficient (Wildman–Crippen LogP) is 2.17. The first-order valence-corrected chi connectivity index (χ1v) is 7.40. The fraction of sp³-hybridized carbons (Fsp3) is 0.529. The van der Waals surface area contributed by atoms with Gasteiger partial charge in [0.15, 0.2) is 0 Å². The maximum atomic E-state index is 12.3. The highest BCUT2D eigenvalue weighted by atomic mass is 16.5. The number of likely N-dealkylation sites (tertiary alicyclic amines) is 1. The molecule has 0 bridgehead atoms. The van der Waals surface area contributed by atoms with Crippen LogP contribution in [0.1, 0.15) is 32.3 Å². The molecule has 0 N–H and O–H groups in total. The quantitative estimate of drug-likeness (QED) is 0.797. The van der Waals surface area contributed by atoms with E-state index in [1.165, 1.54) is 7.11 Å². The van der Waals surface area contributed by atoms with E-state index in [0.717, 1.165) is 31.5 Å². The van der Waals surface area contributed by atoms with Gasteiger partial charge in [0, 0.05) is 13.1 Å². The van der Waals surface area contributed by atoms with Gasteiger partial charge in [-0.1, -0.05) is 30.3 Å². The van der Waals surface area contributed by atoms with E-state index in [9.17, 15) is 9.59 Å². The Morgan fingerprint density at radius 2 is 1.76 bits per heavy atom. The van der Waals surface area contributed by atoms with E-state index in [1.807, 2.05) is 37.3 Å². The van der Waals surface area contributed by atoms with Gasteiger partial charge in [0.1, 0.15) is 11.8 Å². The van der Waals surface area contributed by atoms with Gasteiger partial charge < -0.3 is 4.74 Å². The molecule has 1 aliphatic rings. The summed E-state index contributed by atoms with van der Waals surface area (Å²) >= 11 is 0. The number of Topliss-reactive ketones (excluding diaryl/α,β-unsaturated/α-hetero) is 1. The zero-order valence-corrected chi connectivity index (χ0v) is 13.0. The minimum atomic E-state index is -0.409. The highest BCUT2D eigenvalue weighted by Gasteiger charge is 2.41. The first kappa shape index (κ1) is 15.7. The van der Waals surface area contributed by atoms with Crippen LogP contribution in [0.4, 0.5) is 0 Å². The molecule has 1 fully saturated rings. The Hall–Kier alpha value is -1.68. The number of nitrogens with zero attached hydrogens (tertiary/aromatic N) is 1. The fourth-order valence-electron chi connectivity index (χ4n) is 3.21. The van der Waals surface area contributed by atoms with Crippen LogP contribution in [0.25, 0.3) is 0 Å². The van der Waals surface area contributed by atoms with Gasteiger partial charge in [0.2, 0.25) is 0 Å². The number of methoxy groups -OCH3 is 1. The average Bonchev–Trinajstić information content (AvgIpc) is 2.54. The maximum absolute atomic E-state index is 12.3. The van der Waals surface area contributed by atoms with Gasteiger partial charge in [-0.3, -0.25) is 14.5 Å². The van der Waals surface area contributed by atoms with E-state index in [0.29, 0.717) is 0 Å². The highest BCUT2D eigenvalue weighted by molar-refractivity contribution is 5.88. The number of benzene rings is 1. The van der Waals surface area contributed by atoms with Gasteiger partial charge in [-0.25, -0.2) is 0 Å². The van der Waals surface area contributed by atoms with Crippen molar-refractivity contribution in [1.29, 1.82) is 0 Å². The molecule has 1 aromatic rings. The molecule has 114 valence electrons. The number of carbonyl (C=O) groups is 2. The van der Waals surface area contributed by atoms with Crippen molar-refractivity contribution in [2.24, 2.45) is 0 Å². The van der Waals surface area contributed by atoms with Gasteiger partial charge in [-0.2, -0.15) is 0 Å². The first-order valence-electron chi connectivity index (χ1n) is 7.40. The molecule has 0 radical (unpaired) electrons. The number of hydrogen-bond donors (Lipinski definition) is 0. The molecule has 0 unspecified atom stereocenters. The van der Waals surface area contributed by atoms with Crippen molar-refractivity contribution in [1.82, 2.24) is 4.90 Å². The topological polar surface area (TPSA) is 46.6 Å². The third-order valence-corrected chi connectivity index (χ3v) is 4.74. The molecule has 4 heteroatoms. The van der Waals surface area contributed by atoms with E-state index in [1.54, 1.807) is 6.92 Å². The number of esters is 1. The SMILES string of the molecule is COC(=O)[C@H](C)N1CCC(C(C)=O)(c2ccccc2)CC1. The van der Waals surface area contributed by atoms with Gasteiger partial charge >= 0.3 is 5.97 Å². The lowest BCUT2D eigenvalue weighted by molar-refractivity contribution is -0.147. The molecule has 0 spiro atoms. The van der Waals surface area contributed by atoms with E-state index in [2.05, 4.69) is 4.90 Å². The van der Waals surface area contributed by atoms with Gasteiger partial charge in [-0.15, -0.1) is 0 Å². The summed E-state index contributed by atoms with van der Waals surface area (Å²) in [4.78, 5) is 26.0. The third-order valence-electron chi connectivity index (χ3n) is 4.74. The van der Waals surface area contributed by atoms with Crippen LogP contribution in [0.5, 0.6) is 0 Å². The zero-order valence-electron chi connectivity index (χ0n) is 13.0. The maximum Gasteiger partial charge on any atom is 0.322 e. The molecule has 21 heavy (non-hydrogen) atoms. The molecule has 1 saturated heterocycles. The number of piperidine rings is 1. The van der Waals surface area contributed by atoms with Crippen molar-refractivity contribution in [2.75, 3.05) is 20.2 Å². The van der Waals surface area contributed by atoms with Gasteiger partial charge in [0.25, 0.3) is 0 Å². The Morgan fingerprint density at radius 3 is 2.24 bits per heavy atom. The van der Waals surface area contributed by atoms with E-state index in [-0.39, 0.29) is 17.8 Å². The largest absolute Gasteiger partial charge is 0.468 e. The predicted molar refractivity (Wildman–Crippen MR) is 81.1 cm³/mol. The molecule has 1 aliphatic heterocycles. The number of hydrogen-bond acceptors (Lipinski definition) is 4. The molecule has 4 nitrogen and oxygen atoms in total. The molecular formula is C17H23NO3. The van der Waals surface area contributed by atoms with Crippen LogP contribution in [-0.4, -0.2) is 42.9 Å². The summed E-state index contributed by atoms with van der Waals surface area (Å²) in [6.45, 7) is 4.98. The molecule has 1 heterocycles. The lowest BCUT2D eigenvalue weighted by Crippen LogP contribution is -2.51. The normalized spacial score (nSPS) is 19.8. The van der Waals surface area contributed by atoms with Crippen molar-refractivity contribution < 1.29 is 14.3 Å². The monoisotopic (exact) mass is 289 g/mol. The molecule has 1 atom stereocenters. The third kappa shape index (κ3) is 3.00. The molecule has 0 amide bonds. The molecule has 0 aliphatic carbocycles. The van der Waals surface area contributed by atoms with Crippen LogP contribution in [-0.2, 0) is 19.7 Å². The summed E-state index contributed by atoms with van der Waals surface area (Å²) < 4.78 is 4.80. The lowest BCUT2D eigenvalue weighted by atomic mass is 9.70. The van der Waals surface area contributed by atoms with E-state index < -0.39 is 5.41 Å². The number of rotatable bonds is 4. The zero-order chi connectivity index (χ0) is 15.5. The van der Waals surface area contributed by atoms with Crippen molar-refractivity contribution >= 4 is 11.8 Å². The number of ketones is 1. The van der Waals surface area contributed by atoms with Crippen LogP contribution in [0.15, 0.2) is 30.3 Å². The fourth-order valence-corrected chi connectivity index (χ4v) is 3.21. The van der Waals surface area contributed by atoms with Crippen molar-refractivity contribution in [3.8, 4) is 0 Å². The van der Waals surface area contributed by atoms with Crippen LogP contribution >= 0.6 is 0 Å². The van der Waals surface area contributed by atoms with Crippen LogP contribution in [0.3, 0.4) is 0 Å². The van der Waals surface area contributed by atoms with E-state index in [4.69, 9.17) is 4.74 Å². The molecule has 0 aromatic heterocycles. The summed E-state index contributed by atoms with van der Waals surface area (Å²) in [6, 6.07) is 9.72.